The van der Waals surface area contributed by atoms with E-state index in [9.17, 15) is 18.0 Å². The lowest BCUT2D eigenvalue weighted by atomic mass is 10.1. The molecule has 20 heavy (non-hydrogen) atoms. The van der Waals surface area contributed by atoms with E-state index in [1.807, 2.05) is 6.92 Å². The molecule has 2 nitrogen and oxygen atoms in total. The van der Waals surface area contributed by atoms with Crippen molar-refractivity contribution in [3.63, 3.8) is 0 Å². The first-order chi connectivity index (χ1) is 9.23. The van der Waals surface area contributed by atoms with Crippen molar-refractivity contribution in [2.75, 3.05) is 0 Å². The third-order valence-corrected chi connectivity index (χ3v) is 3.94. The molecule has 0 bridgehead atoms. The first-order valence-corrected chi connectivity index (χ1v) is 7.64. The Hall–Kier alpha value is -0.560. The van der Waals surface area contributed by atoms with Crippen molar-refractivity contribution in [1.29, 1.82) is 0 Å². The van der Waals surface area contributed by atoms with Crippen LogP contribution in [-0.4, -0.2) is 17.0 Å². The highest BCUT2D eigenvalue weighted by molar-refractivity contribution is 9.10. The van der Waals surface area contributed by atoms with Gasteiger partial charge in [-0.2, -0.15) is 0 Å². The lowest BCUT2D eigenvalue weighted by Gasteiger charge is -2.13. The zero-order valence-corrected chi connectivity index (χ0v) is 13.8. The second-order valence-electron chi connectivity index (χ2n) is 4.20. The summed E-state index contributed by atoms with van der Waals surface area (Å²) in [6.07, 6.45) is -3.06. The van der Waals surface area contributed by atoms with Crippen molar-refractivity contribution in [2.24, 2.45) is 0 Å². The van der Waals surface area contributed by atoms with Crippen molar-refractivity contribution in [1.82, 2.24) is 0 Å². The molecule has 0 aliphatic heterocycles. The van der Waals surface area contributed by atoms with Gasteiger partial charge in [0.1, 0.15) is 11.5 Å². The maximum atomic E-state index is 12.1. The molecule has 0 aromatic heterocycles. The molecule has 1 unspecified atom stereocenters. The first kappa shape index (κ1) is 17.5. The van der Waals surface area contributed by atoms with Gasteiger partial charge in [0.05, 0.1) is 9.30 Å². The predicted octanol–water partition coefficient (Wildman–Crippen LogP) is 5.02. The number of ketones is 1. The molecule has 1 aromatic rings. The number of ether oxygens (including phenoxy) is 1. The van der Waals surface area contributed by atoms with Gasteiger partial charge < -0.3 is 4.74 Å². The third kappa shape index (κ3) is 5.83. The number of carbonyl (C=O) groups is 1. The molecular weight excluding hydrogens is 405 g/mol. The molecule has 0 radical (unpaired) electrons. The van der Waals surface area contributed by atoms with Crippen LogP contribution in [0.5, 0.6) is 5.75 Å². The minimum absolute atomic E-state index is 0.0826. The number of halogens is 5. The standard InChI is InChI=1S/C13H13Br2F3O2/c1-2-3-11(19)9(14)6-8-4-5-12(10(15)7-8)20-13(16,17)18/h4-5,7,9H,2-3,6H2,1H3. The van der Waals surface area contributed by atoms with Crippen LogP contribution in [0.2, 0.25) is 0 Å². The molecule has 1 aromatic carbocycles. The van der Waals surface area contributed by atoms with E-state index in [2.05, 4.69) is 36.6 Å². The molecule has 0 N–H and O–H groups in total. The molecule has 1 rings (SSSR count). The van der Waals surface area contributed by atoms with E-state index in [0.717, 1.165) is 12.0 Å². The number of hydrogen-bond donors (Lipinski definition) is 0. The van der Waals surface area contributed by atoms with Crippen molar-refractivity contribution < 1.29 is 22.7 Å². The minimum atomic E-state index is -4.72. The molecule has 0 saturated heterocycles. The summed E-state index contributed by atoms with van der Waals surface area (Å²) in [6, 6.07) is 4.27. The molecule has 0 fully saturated rings. The smallest absolute Gasteiger partial charge is 0.405 e. The highest BCUT2D eigenvalue weighted by Crippen LogP contribution is 2.31. The second-order valence-corrected chi connectivity index (χ2v) is 6.16. The Morgan fingerprint density at radius 1 is 1.40 bits per heavy atom. The molecule has 0 heterocycles. The Morgan fingerprint density at radius 2 is 2.05 bits per heavy atom. The van der Waals surface area contributed by atoms with Crippen LogP contribution in [0.15, 0.2) is 22.7 Å². The van der Waals surface area contributed by atoms with E-state index in [1.54, 1.807) is 0 Å². The Bertz CT molecular complexity index is 475. The summed E-state index contributed by atoms with van der Waals surface area (Å²) >= 11 is 6.33. The van der Waals surface area contributed by atoms with Gasteiger partial charge in [0.25, 0.3) is 0 Å². The fourth-order valence-corrected chi connectivity index (χ4v) is 2.71. The maximum absolute atomic E-state index is 12.1. The second kappa shape index (κ2) is 7.45. The van der Waals surface area contributed by atoms with E-state index in [-0.39, 0.29) is 20.8 Å². The summed E-state index contributed by atoms with van der Waals surface area (Å²) in [5, 5.41) is 0. The number of alkyl halides is 4. The van der Waals surface area contributed by atoms with Crippen LogP contribution in [0, 0.1) is 0 Å². The topological polar surface area (TPSA) is 26.3 Å². The number of hydrogen-bond acceptors (Lipinski definition) is 2. The quantitative estimate of drug-likeness (QED) is 0.607. The number of benzene rings is 1. The average Bonchev–Trinajstić information content (AvgIpc) is 2.31. The van der Waals surface area contributed by atoms with Gasteiger partial charge in [0, 0.05) is 6.42 Å². The van der Waals surface area contributed by atoms with E-state index in [4.69, 9.17) is 0 Å². The van der Waals surface area contributed by atoms with E-state index in [0.29, 0.717) is 12.8 Å². The maximum Gasteiger partial charge on any atom is 0.573 e. The van der Waals surface area contributed by atoms with E-state index in [1.165, 1.54) is 18.2 Å². The number of Topliss-reactive ketones (excluding diaryl/α,β-unsaturated/α-hetero) is 1. The summed E-state index contributed by atoms with van der Waals surface area (Å²) in [5.41, 5.74) is 0.748. The fraction of sp³-hybridized carbons (Fsp3) is 0.462. The Balaban J connectivity index is 2.75. The van der Waals surface area contributed by atoms with Gasteiger partial charge in [-0.05, 0) is 46.5 Å². The Labute approximate surface area is 131 Å². The molecule has 1 atom stereocenters. The van der Waals surface area contributed by atoms with Crippen molar-refractivity contribution >= 4 is 37.6 Å². The van der Waals surface area contributed by atoms with Gasteiger partial charge in [-0.3, -0.25) is 4.79 Å². The summed E-state index contributed by atoms with van der Waals surface area (Å²) < 4.78 is 40.4. The summed E-state index contributed by atoms with van der Waals surface area (Å²) in [4.78, 5) is 11.3. The van der Waals surface area contributed by atoms with Crippen molar-refractivity contribution in [3.8, 4) is 5.75 Å². The molecular formula is C13H13Br2F3O2. The average molecular weight is 418 g/mol. The molecule has 0 spiro atoms. The van der Waals surface area contributed by atoms with Gasteiger partial charge in [0.15, 0.2) is 0 Å². The highest BCUT2D eigenvalue weighted by atomic mass is 79.9. The molecule has 112 valence electrons. The molecule has 0 aliphatic carbocycles. The molecule has 0 saturated carbocycles. The van der Waals surface area contributed by atoms with Gasteiger partial charge in [0.2, 0.25) is 0 Å². The fourth-order valence-electron chi connectivity index (χ4n) is 1.60. The van der Waals surface area contributed by atoms with Crippen LogP contribution in [0.4, 0.5) is 13.2 Å². The van der Waals surface area contributed by atoms with Gasteiger partial charge in [-0.15, -0.1) is 13.2 Å². The van der Waals surface area contributed by atoms with Gasteiger partial charge in [-0.25, -0.2) is 0 Å². The number of carbonyl (C=O) groups excluding carboxylic acids is 1. The van der Waals surface area contributed by atoms with Gasteiger partial charge in [-0.1, -0.05) is 28.9 Å². The van der Waals surface area contributed by atoms with Crippen LogP contribution < -0.4 is 4.74 Å². The SMILES string of the molecule is CCCC(=O)C(Br)Cc1ccc(OC(F)(F)F)c(Br)c1. The van der Waals surface area contributed by atoms with Crippen LogP contribution in [-0.2, 0) is 11.2 Å². The third-order valence-electron chi connectivity index (χ3n) is 2.48. The largest absolute Gasteiger partial charge is 0.573 e. The predicted molar refractivity (Wildman–Crippen MR) is 77.2 cm³/mol. The Kier molecular flexibility index (Phi) is 6.51. The lowest BCUT2D eigenvalue weighted by molar-refractivity contribution is -0.274. The van der Waals surface area contributed by atoms with Crippen molar-refractivity contribution in [2.45, 2.75) is 37.4 Å². The lowest BCUT2D eigenvalue weighted by Crippen LogP contribution is -2.18. The summed E-state index contributed by atoms with van der Waals surface area (Å²) in [6.45, 7) is 1.91. The molecule has 0 amide bonds. The Morgan fingerprint density at radius 3 is 2.55 bits per heavy atom. The zero-order valence-electron chi connectivity index (χ0n) is 10.6. The molecule has 7 heteroatoms. The van der Waals surface area contributed by atoms with Crippen LogP contribution >= 0.6 is 31.9 Å². The van der Waals surface area contributed by atoms with Gasteiger partial charge >= 0.3 is 6.36 Å². The normalized spacial score (nSPS) is 13.1. The van der Waals surface area contributed by atoms with Crippen LogP contribution in [0.3, 0.4) is 0 Å². The monoisotopic (exact) mass is 416 g/mol. The van der Waals surface area contributed by atoms with E-state index < -0.39 is 6.36 Å². The molecule has 0 aliphatic rings. The van der Waals surface area contributed by atoms with E-state index >= 15 is 0 Å². The van der Waals surface area contributed by atoms with Crippen molar-refractivity contribution in [3.05, 3.63) is 28.2 Å². The van der Waals surface area contributed by atoms with Crippen LogP contribution in [0.25, 0.3) is 0 Å². The number of rotatable bonds is 6. The van der Waals surface area contributed by atoms with Crippen LogP contribution in [0.1, 0.15) is 25.3 Å². The summed E-state index contributed by atoms with van der Waals surface area (Å²) in [5.74, 6) is -0.216. The minimum Gasteiger partial charge on any atom is -0.405 e. The highest BCUT2D eigenvalue weighted by Gasteiger charge is 2.32. The first-order valence-electron chi connectivity index (χ1n) is 5.94. The summed E-state index contributed by atoms with van der Waals surface area (Å²) in [7, 11) is 0. The zero-order chi connectivity index (χ0) is 15.3.